The molecule has 2 atom stereocenters. The molecule has 0 saturated heterocycles. The maximum atomic E-state index is 10.4. The van der Waals surface area contributed by atoms with Gasteiger partial charge in [0, 0.05) is 17.7 Å². The molecule has 1 aromatic carbocycles. The van der Waals surface area contributed by atoms with E-state index in [4.69, 9.17) is 26.8 Å². The fraction of sp³-hybridized carbons (Fsp3) is 0.538. The van der Waals surface area contributed by atoms with Gasteiger partial charge in [0.15, 0.2) is 0 Å². The van der Waals surface area contributed by atoms with E-state index in [2.05, 4.69) is 5.32 Å². The zero-order valence-corrected chi connectivity index (χ0v) is 12.2. The van der Waals surface area contributed by atoms with Gasteiger partial charge in [0.25, 0.3) is 0 Å². The molecule has 0 amide bonds. The Morgan fingerprint density at radius 1 is 1.32 bits per heavy atom. The van der Waals surface area contributed by atoms with Crippen LogP contribution in [0.1, 0.15) is 18.1 Å². The van der Waals surface area contributed by atoms with Crippen LogP contribution < -0.4 is 20.5 Å². The van der Waals surface area contributed by atoms with E-state index < -0.39 is 6.10 Å². The molecule has 6 heteroatoms. The van der Waals surface area contributed by atoms with Crippen molar-refractivity contribution in [3.8, 4) is 11.5 Å². The Labute approximate surface area is 118 Å². The van der Waals surface area contributed by atoms with Gasteiger partial charge in [-0.25, -0.2) is 0 Å². The van der Waals surface area contributed by atoms with E-state index >= 15 is 0 Å². The molecule has 0 bridgehead atoms. The van der Waals surface area contributed by atoms with Crippen LogP contribution in [0.25, 0.3) is 0 Å². The average molecular weight is 289 g/mol. The first-order valence-corrected chi connectivity index (χ1v) is 6.43. The number of ether oxygens (including phenoxy) is 2. The Morgan fingerprint density at radius 2 is 1.95 bits per heavy atom. The number of benzene rings is 1. The number of methoxy groups -OCH3 is 2. The van der Waals surface area contributed by atoms with Crippen LogP contribution in [0.5, 0.6) is 11.5 Å². The predicted molar refractivity (Wildman–Crippen MR) is 76.0 cm³/mol. The number of aliphatic hydroxyl groups excluding tert-OH is 1. The Balaban J connectivity index is 3.15. The lowest BCUT2D eigenvalue weighted by molar-refractivity contribution is 0.125. The molecule has 2 unspecified atom stereocenters. The van der Waals surface area contributed by atoms with Gasteiger partial charge in [-0.05, 0) is 26.1 Å². The highest BCUT2D eigenvalue weighted by atomic mass is 35.5. The van der Waals surface area contributed by atoms with Crippen molar-refractivity contribution < 1.29 is 14.6 Å². The minimum absolute atomic E-state index is 0.162. The summed E-state index contributed by atoms with van der Waals surface area (Å²) in [6.45, 7) is 0.482. The Hall–Kier alpha value is -1.01. The van der Waals surface area contributed by atoms with Crippen LogP contribution in [-0.2, 0) is 0 Å². The summed E-state index contributed by atoms with van der Waals surface area (Å²) in [5.41, 5.74) is 6.17. The Kier molecular flexibility index (Phi) is 6.37. The lowest BCUT2D eigenvalue weighted by atomic mass is 9.98. The van der Waals surface area contributed by atoms with E-state index in [1.165, 1.54) is 14.2 Å². The van der Waals surface area contributed by atoms with Gasteiger partial charge in [0.05, 0.1) is 25.3 Å². The van der Waals surface area contributed by atoms with Crippen molar-refractivity contribution in [2.75, 3.05) is 27.8 Å². The summed E-state index contributed by atoms with van der Waals surface area (Å²) in [5, 5.41) is 13.9. The number of halogens is 1. The predicted octanol–water partition coefficient (Wildman–Crippen LogP) is 1.33. The molecule has 0 heterocycles. The van der Waals surface area contributed by atoms with Gasteiger partial charge in [0.1, 0.15) is 11.5 Å². The molecule has 4 N–H and O–H groups in total. The van der Waals surface area contributed by atoms with Crippen LogP contribution in [0.4, 0.5) is 0 Å². The van der Waals surface area contributed by atoms with Crippen molar-refractivity contribution in [1.82, 2.24) is 5.32 Å². The molecule has 1 aromatic rings. The molecule has 0 fully saturated rings. The van der Waals surface area contributed by atoms with Crippen LogP contribution >= 0.6 is 11.6 Å². The molecule has 0 aromatic heterocycles. The second kappa shape index (κ2) is 7.55. The van der Waals surface area contributed by atoms with Gasteiger partial charge in [-0.15, -0.1) is 0 Å². The smallest absolute Gasteiger partial charge is 0.138 e. The molecule has 5 nitrogen and oxygen atoms in total. The number of hydrogen-bond donors (Lipinski definition) is 3. The second-order valence-corrected chi connectivity index (χ2v) is 4.55. The maximum absolute atomic E-state index is 10.4. The minimum Gasteiger partial charge on any atom is -0.496 e. The van der Waals surface area contributed by atoms with Gasteiger partial charge >= 0.3 is 0 Å². The first-order chi connectivity index (χ1) is 9.08. The number of nitrogens with two attached hydrogens (primary N) is 1. The Bertz CT molecular complexity index is 415. The van der Waals surface area contributed by atoms with Gasteiger partial charge in [-0.2, -0.15) is 0 Å². The monoisotopic (exact) mass is 288 g/mol. The van der Waals surface area contributed by atoms with Gasteiger partial charge in [0.2, 0.25) is 0 Å². The largest absolute Gasteiger partial charge is 0.496 e. The lowest BCUT2D eigenvalue weighted by Crippen LogP contribution is -2.34. The highest BCUT2D eigenvalue weighted by molar-refractivity contribution is 6.32. The molecule has 0 aliphatic rings. The molecule has 19 heavy (non-hydrogen) atoms. The van der Waals surface area contributed by atoms with E-state index in [9.17, 15) is 5.11 Å². The standard InChI is InChI=1S/C13H21ClN2O3/c1-16-10(4-5-15)13(17)8-6-12(19-3)9(14)7-11(8)18-2/h6-7,10,13,16-17H,4-5,15H2,1-3H3. The first-order valence-electron chi connectivity index (χ1n) is 6.05. The van der Waals surface area contributed by atoms with Gasteiger partial charge in [-0.1, -0.05) is 11.6 Å². The molecular weight excluding hydrogens is 268 g/mol. The van der Waals surface area contributed by atoms with E-state index in [1.807, 2.05) is 0 Å². The quantitative estimate of drug-likeness (QED) is 0.706. The molecule has 0 aliphatic carbocycles. The van der Waals surface area contributed by atoms with Gasteiger partial charge < -0.3 is 25.6 Å². The topological polar surface area (TPSA) is 76.7 Å². The molecule has 108 valence electrons. The summed E-state index contributed by atoms with van der Waals surface area (Å²) in [6, 6.07) is 3.16. The van der Waals surface area contributed by atoms with E-state index in [0.717, 1.165) is 0 Å². The summed E-state index contributed by atoms with van der Waals surface area (Å²) in [6.07, 6.45) is -0.110. The Morgan fingerprint density at radius 3 is 2.42 bits per heavy atom. The molecule has 0 aliphatic heterocycles. The fourth-order valence-electron chi connectivity index (χ4n) is 1.97. The van der Waals surface area contributed by atoms with Crippen molar-refractivity contribution in [3.05, 3.63) is 22.7 Å². The molecule has 0 radical (unpaired) electrons. The highest BCUT2D eigenvalue weighted by Crippen LogP contribution is 2.36. The van der Waals surface area contributed by atoms with Crippen LogP contribution in [0.2, 0.25) is 5.02 Å². The number of nitrogens with one attached hydrogen (secondary N) is 1. The number of hydrogen-bond acceptors (Lipinski definition) is 5. The first kappa shape index (κ1) is 16.0. The fourth-order valence-corrected chi connectivity index (χ4v) is 2.20. The molecular formula is C13H21ClN2O3. The van der Waals surface area contributed by atoms with E-state index in [1.54, 1.807) is 19.2 Å². The van der Waals surface area contributed by atoms with Gasteiger partial charge in [-0.3, -0.25) is 0 Å². The summed E-state index contributed by atoms with van der Waals surface area (Å²) < 4.78 is 10.4. The van der Waals surface area contributed by atoms with Crippen LogP contribution in [0.15, 0.2) is 12.1 Å². The zero-order chi connectivity index (χ0) is 14.4. The van der Waals surface area contributed by atoms with Crippen molar-refractivity contribution in [2.45, 2.75) is 18.6 Å². The van der Waals surface area contributed by atoms with Crippen LogP contribution in [0, 0.1) is 0 Å². The van der Waals surface area contributed by atoms with Crippen molar-refractivity contribution >= 4 is 11.6 Å². The molecule has 0 saturated carbocycles. The number of likely N-dealkylation sites (N-methyl/N-ethyl adjacent to an activating group) is 1. The third kappa shape index (κ3) is 3.73. The summed E-state index contributed by atoms with van der Waals surface area (Å²) in [7, 11) is 4.84. The average Bonchev–Trinajstić information content (AvgIpc) is 2.43. The van der Waals surface area contributed by atoms with Crippen LogP contribution in [-0.4, -0.2) is 39.0 Å². The number of rotatable bonds is 7. The minimum atomic E-state index is -0.755. The third-order valence-corrected chi connectivity index (χ3v) is 3.35. The normalized spacial score (nSPS) is 14.0. The lowest BCUT2D eigenvalue weighted by Gasteiger charge is -2.24. The molecule has 0 spiro atoms. The summed E-state index contributed by atoms with van der Waals surface area (Å²) in [4.78, 5) is 0. The molecule has 1 rings (SSSR count). The summed E-state index contributed by atoms with van der Waals surface area (Å²) in [5.74, 6) is 1.02. The number of aliphatic hydroxyl groups is 1. The second-order valence-electron chi connectivity index (χ2n) is 4.15. The van der Waals surface area contributed by atoms with Crippen molar-refractivity contribution in [3.63, 3.8) is 0 Å². The van der Waals surface area contributed by atoms with Crippen LogP contribution in [0.3, 0.4) is 0 Å². The van der Waals surface area contributed by atoms with Crippen molar-refractivity contribution in [2.24, 2.45) is 5.73 Å². The SMILES string of the molecule is CNC(CCN)C(O)c1cc(OC)c(Cl)cc1OC. The van der Waals surface area contributed by atoms with Crippen molar-refractivity contribution in [1.29, 1.82) is 0 Å². The third-order valence-electron chi connectivity index (χ3n) is 3.05. The highest BCUT2D eigenvalue weighted by Gasteiger charge is 2.23. The van der Waals surface area contributed by atoms with E-state index in [0.29, 0.717) is 35.1 Å². The summed E-state index contributed by atoms with van der Waals surface area (Å²) >= 11 is 6.04. The maximum Gasteiger partial charge on any atom is 0.138 e. The van der Waals surface area contributed by atoms with E-state index in [-0.39, 0.29) is 6.04 Å². The zero-order valence-electron chi connectivity index (χ0n) is 11.4.